The van der Waals surface area contributed by atoms with E-state index in [0.717, 1.165) is 5.56 Å². The van der Waals surface area contributed by atoms with E-state index >= 15 is 0 Å². The third kappa shape index (κ3) is 5.58. The Labute approximate surface area is 179 Å². The number of carbonyl (C=O) groups is 2. The molecule has 2 aromatic carbocycles. The van der Waals surface area contributed by atoms with Crippen LogP contribution in [0.1, 0.15) is 22.3 Å². The van der Waals surface area contributed by atoms with Gasteiger partial charge in [-0.3, -0.25) is 9.59 Å². The van der Waals surface area contributed by atoms with Crippen molar-refractivity contribution in [1.82, 2.24) is 10.2 Å². The summed E-state index contributed by atoms with van der Waals surface area (Å²) in [5, 5.41) is 10.8. The molecule has 1 atom stereocenters. The first-order valence-corrected chi connectivity index (χ1v) is 10.0. The summed E-state index contributed by atoms with van der Waals surface area (Å²) in [5.74, 6) is -1.20. The van der Waals surface area contributed by atoms with Crippen LogP contribution in [0.2, 0.25) is 0 Å². The average Bonchev–Trinajstić information content (AvgIpc) is 3.18. The summed E-state index contributed by atoms with van der Waals surface area (Å²) in [5.41, 5.74) is 1.02. The molecule has 0 aliphatic carbocycles. The molecule has 0 aliphatic heterocycles. The van der Waals surface area contributed by atoms with E-state index in [0.29, 0.717) is 10.0 Å². The van der Waals surface area contributed by atoms with Crippen LogP contribution in [-0.4, -0.2) is 33.9 Å². The highest BCUT2D eigenvalue weighted by Gasteiger charge is 2.19. The van der Waals surface area contributed by atoms with Crippen molar-refractivity contribution in [3.05, 3.63) is 59.1 Å². The van der Waals surface area contributed by atoms with Crippen molar-refractivity contribution >= 4 is 40.3 Å². The van der Waals surface area contributed by atoms with E-state index in [-0.39, 0.29) is 29.2 Å². The van der Waals surface area contributed by atoms with Crippen LogP contribution in [0.25, 0.3) is 10.6 Å². The highest BCUT2D eigenvalue weighted by atomic mass is 35.5. The number of hydrogen-bond acceptors (Lipinski definition) is 6. The maximum atomic E-state index is 12.7. The van der Waals surface area contributed by atoms with Crippen molar-refractivity contribution in [2.75, 3.05) is 5.32 Å². The first-order valence-electron chi connectivity index (χ1n) is 8.78. The minimum absolute atomic E-state index is 0.0289. The fraction of sp³-hybridized carbons (Fsp3) is 0.200. The van der Waals surface area contributed by atoms with Crippen molar-refractivity contribution in [2.24, 2.45) is 0 Å². The van der Waals surface area contributed by atoms with Gasteiger partial charge in [0.15, 0.2) is 5.78 Å². The number of aromatic nitrogens is 2. The third-order valence-corrected chi connectivity index (χ3v) is 5.11. The van der Waals surface area contributed by atoms with E-state index in [1.54, 1.807) is 0 Å². The van der Waals surface area contributed by atoms with Crippen LogP contribution in [0.3, 0.4) is 0 Å². The number of benzene rings is 2. The smallest absolute Gasteiger partial charge is 0.387 e. The zero-order chi connectivity index (χ0) is 21.7. The number of alkyl halides is 3. The Balaban J connectivity index is 1.80. The molecule has 1 aromatic heterocycles. The van der Waals surface area contributed by atoms with Gasteiger partial charge in [-0.2, -0.15) is 8.78 Å². The first-order chi connectivity index (χ1) is 14.3. The monoisotopic (exact) mass is 451 g/mol. The summed E-state index contributed by atoms with van der Waals surface area (Å²) in [6.45, 7) is -1.66. The quantitative estimate of drug-likeness (QED) is 0.393. The van der Waals surface area contributed by atoms with Gasteiger partial charge in [-0.05, 0) is 25.1 Å². The number of anilines is 1. The molecular weight excluding hydrogens is 436 g/mol. The summed E-state index contributed by atoms with van der Waals surface area (Å²) in [7, 11) is 0. The lowest BCUT2D eigenvalue weighted by atomic mass is 10.1. The standard InChI is InChI=1S/C20H16ClF2N3O3S/c1-11(21)18(28)24-14-9-13(7-8-16(14)29-20(22)23)15(27)10-17-25-26-19(30-17)12-5-3-2-4-6-12/h2-9,11,20H,10H2,1H3,(H,24,28). The molecule has 0 aliphatic rings. The largest absolute Gasteiger partial charge is 0.433 e. The molecule has 3 aromatic rings. The number of rotatable bonds is 8. The highest BCUT2D eigenvalue weighted by molar-refractivity contribution is 7.14. The number of amides is 1. The van der Waals surface area contributed by atoms with Crippen molar-refractivity contribution in [3.63, 3.8) is 0 Å². The van der Waals surface area contributed by atoms with Crippen LogP contribution in [0, 0.1) is 0 Å². The zero-order valence-electron chi connectivity index (χ0n) is 15.6. The minimum Gasteiger partial charge on any atom is -0.433 e. The van der Waals surface area contributed by atoms with Gasteiger partial charge < -0.3 is 10.1 Å². The second-order valence-corrected chi connectivity index (χ2v) is 7.88. The van der Waals surface area contributed by atoms with E-state index in [2.05, 4.69) is 20.3 Å². The highest BCUT2D eigenvalue weighted by Crippen LogP contribution is 2.29. The van der Waals surface area contributed by atoms with E-state index in [9.17, 15) is 18.4 Å². The normalized spacial score (nSPS) is 11.9. The van der Waals surface area contributed by atoms with Gasteiger partial charge in [0.1, 0.15) is 21.1 Å². The van der Waals surface area contributed by atoms with Crippen LogP contribution in [0.4, 0.5) is 14.5 Å². The molecule has 6 nitrogen and oxygen atoms in total. The van der Waals surface area contributed by atoms with Crippen LogP contribution in [-0.2, 0) is 11.2 Å². The third-order valence-electron chi connectivity index (χ3n) is 3.94. The molecular formula is C20H16ClF2N3O3S. The molecule has 0 bridgehead atoms. The minimum atomic E-state index is -3.09. The Morgan fingerprint density at radius 3 is 2.57 bits per heavy atom. The van der Waals surface area contributed by atoms with Gasteiger partial charge in [0.2, 0.25) is 5.91 Å². The van der Waals surface area contributed by atoms with Gasteiger partial charge in [0.05, 0.1) is 12.1 Å². The van der Waals surface area contributed by atoms with Crippen LogP contribution < -0.4 is 10.1 Å². The van der Waals surface area contributed by atoms with E-state index < -0.39 is 17.9 Å². The van der Waals surface area contributed by atoms with Crippen LogP contribution >= 0.6 is 22.9 Å². The molecule has 0 saturated carbocycles. The molecule has 0 spiro atoms. The van der Waals surface area contributed by atoms with Crippen molar-refractivity contribution in [2.45, 2.75) is 25.3 Å². The van der Waals surface area contributed by atoms with Crippen LogP contribution in [0.15, 0.2) is 48.5 Å². The molecule has 1 amide bonds. The lowest BCUT2D eigenvalue weighted by Gasteiger charge is -2.14. The second-order valence-electron chi connectivity index (χ2n) is 6.16. The number of Topliss-reactive ketones (excluding diaryl/α,β-unsaturated/α-hetero) is 1. The molecule has 156 valence electrons. The molecule has 0 radical (unpaired) electrons. The maximum Gasteiger partial charge on any atom is 0.387 e. The second kappa shape index (κ2) is 9.73. The lowest BCUT2D eigenvalue weighted by Crippen LogP contribution is -2.21. The molecule has 1 unspecified atom stereocenters. The number of hydrogen-bond donors (Lipinski definition) is 1. The van der Waals surface area contributed by atoms with Gasteiger partial charge in [-0.1, -0.05) is 41.7 Å². The Hall–Kier alpha value is -2.91. The van der Waals surface area contributed by atoms with Gasteiger partial charge in [-0.15, -0.1) is 21.8 Å². The Bertz CT molecular complexity index is 1040. The van der Waals surface area contributed by atoms with Gasteiger partial charge in [0.25, 0.3) is 0 Å². The Morgan fingerprint density at radius 2 is 1.90 bits per heavy atom. The SMILES string of the molecule is CC(Cl)C(=O)Nc1cc(C(=O)Cc2nnc(-c3ccccc3)s2)ccc1OC(F)F. The maximum absolute atomic E-state index is 12.7. The predicted molar refractivity (Wildman–Crippen MR) is 110 cm³/mol. The van der Waals surface area contributed by atoms with Gasteiger partial charge in [-0.25, -0.2) is 0 Å². The number of carbonyl (C=O) groups excluding carboxylic acids is 2. The molecule has 0 fully saturated rings. The summed E-state index contributed by atoms with van der Waals surface area (Å²) in [6.07, 6.45) is -0.0289. The van der Waals surface area contributed by atoms with E-state index in [4.69, 9.17) is 11.6 Å². The Kier molecular flexibility index (Phi) is 7.07. The summed E-state index contributed by atoms with van der Waals surface area (Å²) in [6, 6.07) is 13.2. The molecule has 10 heteroatoms. The number of ketones is 1. The van der Waals surface area contributed by atoms with E-state index in [1.807, 2.05) is 30.3 Å². The first kappa shape index (κ1) is 21.8. The van der Waals surface area contributed by atoms with Crippen molar-refractivity contribution in [3.8, 4) is 16.3 Å². The summed E-state index contributed by atoms with van der Waals surface area (Å²) >= 11 is 7.00. The molecule has 30 heavy (non-hydrogen) atoms. The topological polar surface area (TPSA) is 81.2 Å². The number of halogens is 3. The summed E-state index contributed by atoms with van der Waals surface area (Å²) in [4.78, 5) is 24.5. The number of nitrogens with one attached hydrogen (secondary N) is 1. The van der Waals surface area contributed by atoms with Gasteiger partial charge >= 0.3 is 6.61 Å². The average molecular weight is 452 g/mol. The fourth-order valence-corrected chi connectivity index (χ4v) is 3.39. The van der Waals surface area contributed by atoms with E-state index in [1.165, 1.54) is 36.5 Å². The van der Waals surface area contributed by atoms with Crippen LogP contribution in [0.5, 0.6) is 5.75 Å². The number of nitrogens with zero attached hydrogens (tertiary/aromatic N) is 2. The predicted octanol–water partition coefficient (Wildman–Crippen LogP) is 4.80. The zero-order valence-corrected chi connectivity index (χ0v) is 17.2. The van der Waals surface area contributed by atoms with Crippen molar-refractivity contribution in [1.29, 1.82) is 0 Å². The molecule has 3 rings (SSSR count). The Morgan fingerprint density at radius 1 is 1.17 bits per heavy atom. The molecule has 0 saturated heterocycles. The molecule has 1 N–H and O–H groups in total. The summed E-state index contributed by atoms with van der Waals surface area (Å²) < 4.78 is 29.7. The fourth-order valence-electron chi connectivity index (χ4n) is 2.49. The number of ether oxygens (including phenoxy) is 1. The lowest BCUT2D eigenvalue weighted by molar-refractivity contribution is -0.115. The van der Waals surface area contributed by atoms with Gasteiger partial charge in [0, 0.05) is 11.1 Å². The van der Waals surface area contributed by atoms with Crippen molar-refractivity contribution < 1.29 is 23.1 Å². The molecule has 1 heterocycles.